The molecular formula is C9H15N2O3PS. The molecule has 90 valence electrons. The summed E-state index contributed by atoms with van der Waals surface area (Å²) < 4.78 is 22.6. The standard InChI is InChI=1S/C9H15N2O3PS/c1-3-13-15(12,14-4-2)8(7-10)9-11-5-6-16-9/h11H,3-6H2,1-2H3/b9-8-. The summed E-state index contributed by atoms with van der Waals surface area (Å²) in [6.07, 6.45) is 0. The molecule has 0 aromatic rings. The molecule has 0 unspecified atom stereocenters. The average Bonchev–Trinajstić information content (AvgIpc) is 2.72. The zero-order chi connectivity index (χ0) is 12.0. The van der Waals surface area contributed by atoms with Crippen molar-refractivity contribution in [3.05, 3.63) is 10.3 Å². The molecule has 7 heteroatoms. The van der Waals surface area contributed by atoms with Crippen molar-refractivity contribution in [2.24, 2.45) is 0 Å². The van der Waals surface area contributed by atoms with Gasteiger partial charge in [-0.05, 0) is 13.8 Å². The third-order valence-corrected chi connectivity index (χ3v) is 5.09. The van der Waals surface area contributed by atoms with Crippen molar-refractivity contribution < 1.29 is 13.6 Å². The Hall–Kier alpha value is -0.470. The molecule has 1 fully saturated rings. The number of nitrogens with one attached hydrogen (secondary N) is 1. The third-order valence-electron chi connectivity index (χ3n) is 1.83. The second kappa shape index (κ2) is 6.31. The maximum atomic E-state index is 12.4. The van der Waals surface area contributed by atoms with Crippen LogP contribution in [0.4, 0.5) is 0 Å². The second-order valence-corrected chi connectivity index (χ2v) is 5.96. The normalized spacial score (nSPS) is 19.1. The largest absolute Gasteiger partial charge is 0.378 e. The minimum absolute atomic E-state index is 0.0960. The molecule has 1 N–H and O–H groups in total. The van der Waals surface area contributed by atoms with Crippen LogP contribution in [0, 0.1) is 11.3 Å². The van der Waals surface area contributed by atoms with Gasteiger partial charge < -0.3 is 14.4 Å². The molecule has 1 rings (SSSR count). The Labute approximate surface area is 99.7 Å². The smallest absolute Gasteiger partial charge is 0.374 e. The summed E-state index contributed by atoms with van der Waals surface area (Å²) in [5.41, 5.74) is 0. The third kappa shape index (κ3) is 3.02. The van der Waals surface area contributed by atoms with E-state index in [9.17, 15) is 4.57 Å². The number of allylic oxidation sites excluding steroid dienone is 1. The highest BCUT2D eigenvalue weighted by molar-refractivity contribution is 8.03. The first-order valence-corrected chi connectivity index (χ1v) is 7.61. The number of rotatable bonds is 5. The van der Waals surface area contributed by atoms with Gasteiger partial charge in [0.2, 0.25) is 0 Å². The molecule has 0 aromatic heterocycles. The van der Waals surface area contributed by atoms with E-state index in [1.165, 1.54) is 11.8 Å². The van der Waals surface area contributed by atoms with Gasteiger partial charge in [0.05, 0.1) is 18.2 Å². The molecule has 1 heterocycles. The number of hydrogen-bond acceptors (Lipinski definition) is 6. The lowest BCUT2D eigenvalue weighted by Crippen LogP contribution is -2.08. The van der Waals surface area contributed by atoms with Crippen LogP contribution in [-0.2, 0) is 13.6 Å². The van der Waals surface area contributed by atoms with Gasteiger partial charge in [-0.15, -0.1) is 11.8 Å². The van der Waals surface area contributed by atoms with E-state index in [1.807, 2.05) is 6.07 Å². The van der Waals surface area contributed by atoms with Gasteiger partial charge in [-0.1, -0.05) is 0 Å². The van der Waals surface area contributed by atoms with Crippen LogP contribution in [0.15, 0.2) is 10.3 Å². The van der Waals surface area contributed by atoms with E-state index < -0.39 is 7.60 Å². The fraction of sp³-hybridized carbons (Fsp3) is 0.667. The Bertz CT molecular complexity index is 346. The zero-order valence-electron chi connectivity index (χ0n) is 9.36. The van der Waals surface area contributed by atoms with E-state index >= 15 is 0 Å². The van der Waals surface area contributed by atoms with Gasteiger partial charge in [0.15, 0.2) is 5.31 Å². The molecule has 5 nitrogen and oxygen atoms in total. The number of hydrogen-bond donors (Lipinski definition) is 1. The van der Waals surface area contributed by atoms with Crippen molar-refractivity contribution in [2.75, 3.05) is 25.5 Å². The minimum Gasteiger partial charge on any atom is -0.378 e. The summed E-state index contributed by atoms with van der Waals surface area (Å²) >= 11 is 1.47. The molecule has 1 aliphatic heterocycles. The first-order valence-electron chi connectivity index (χ1n) is 5.08. The van der Waals surface area contributed by atoms with E-state index in [-0.39, 0.29) is 18.5 Å². The quantitative estimate of drug-likeness (QED) is 0.605. The van der Waals surface area contributed by atoms with Gasteiger partial charge in [-0.25, -0.2) is 0 Å². The van der Waals surface area contributed by atoms with Gasteiger partial charge in [-0.2, -0.15) is 5.26 Å². The van der Waals surface area contributed by atoms with Crippen LogP contribution in [0.3, 0.4) is 0 Å². The van der Waals surface area contributed by atoms with Crippen LogP contribution in [0.2, 0.25) is 0 Å². The molecule has 0 aliphatic carbocycles. The van der Waals surface area contributed by atoms with Crippen LogP contribution < -0.4 is 5.32 Å². The molecule has 0 saturated carbocycles. The van der Waals surface area contributed by atoms with Crippen molar-refractivity contribution >= 4 is 19.4 Å². The molecule has 16 heavy (non-hydrogen) atoms. The molecule has 1 saturated heterocycles. The Morgan fingerprint density at radius 3 is 2.56 bits per heavy atom. The zero-order valence-corrected chi connectivity index (χ0v) is 11.1. The van der Waals surface area contributed by atoms with Crippen LogP contribution >= 0.6 is 19.4 Å². The Morgan fingerprint density at radius 2 is 2.19 bits per heavy atom. The summed E-state index contributed by atoms with van der Waals surface area (Å²) in [7, 11) is -3.44. The van der Waals surface area contributed by atoms with E-state index in [0.29, 0.717) is 5.03 Å². The predicted octanol–water partition coefficient (Wildman–Crippen LogP) is 2.28. The lowest BCUT2D eigenvalue weighted by Gasteiger charge is -2.17. The maximum absolute atomic E-state index is 12.4. The predicted molar refractivity (Wildman–Crippen MR) is 64.0 cm³/mol. The number of nitriles is 1. The monoisotopic (exact) mass is 262 g/mol. The number of nitrogens with zero attached hydrogens (tertiary/aromatic N) is 1. The van der Waals surface area contributed by atoms with Crippen LogP contribution in [0.1, 0.15) is 13.8 Å². The lowest BCUT2D eigenvalue weighted by atomic mass is 10.6. The van der Waals surface area contributed by atoms with E-state index in [1.54, 1.807) is 13.8 Å². The summed E-state index contributed by atoms with van der Waals surface area (Å²) in [4.78, 5) is 0. The lowest BCUT2D eigenvalue weighted by molar-refractivity contribution is 0.227. The van der Waals surface area contributed by atoms with Crippen molar-refractivity contribution in [2.45, 2.75) is 13.8 Å². The van der Waals surface area contributed by atoms with E-state index in [2.05, 4.69) is 5.32 Å². The van der Waals surface area contributed by atoms with E-state index in [4.69, 9.17) is 14.3 Å². The van der Waals surface area contributed by atoms with Crippen LogP contribution in [0.25, 0.3) is 0 Å². The Morgan fingerprint density at radius 1 is 1.56 bits per heavy atom. The SMILES string of the molecule is CCOP(=O)(OCC)/C(C#N)=C1/NCCS1. The summed E-state index contributed by atoms with van der Waals surface area (Å²) in [6, 6.07) is 1.94. The van der Waals surface area contributed by atoms with Crippen molar-refractivity contribution in [1.82, 2.24) is 5.32 Å². The first kappa shape index (κ1) is 13.6. The van der Waals surface area contributed by atoms with Crippen LogP contribution in [0.5, 0.6) is 0 Å². The summed E-state index contributed by atoms with van der Waals surface area (Å²) in [5, 5.41) is 12.8. The van der Waals surface area contributed by atoms with Crippen molar-refractivity contribution in [3.63, 3.8) is 0 Å². The van der Waals surface area contributed by atoms with E-state index in [0.717, 1.165) is 12.3 Å². The van der Waals surface area contributed by atoms with Crippen molar-refractivity contribution in [1.29, 1.82) is 5.26 Å². The fourth-order valence-electron chi connectivity index (χ4n) is 1.26. The highest BCUT2D eigenvalue weighted by atomic mass is 32.2. The van der Waals surface area contributed by atoms with Gasteiger partial charge in [-0.3, -0.25) is 4.57 Å². The molecule has 0 amide bonds. The second-order valence-electron chi connectivity index (χ2n) is 2.90. The fourth-order valence-corrected chi connectivity index (χ4v) is 4.05. The highest BCUT2D eigenvalue weighted by Gasteiger charge is 2.34. The average molecular weight is 262 g/mol. The molecule has 0 atom stereocenters. The van der Waals surface area contributed by atoms with Gasteiger partial charge in [0, 0.05) is 12.3 Å². The molecule has 0 aromatic carbocycles. The Kier molecular flexibility index (Phi) is 5.36. The first-order chi connectivity index (χ1) is 7.68. The van der Waals surface area contributed by atoms with Gasteiger partial charge in [0.1, 0.15) is 6.07 Å². The van der Waals surface area contributed by atoms with Crippen LogP contribution in [-0.4, -0.2) is 25.5 Å². The molecule has 0 bridgehead atoms. The topological polar surface area (TPSA) is 71.3 Å². The molecule has 0 radical (unpaired) electrons. The van der Waals surface area contributed by atoms with Gasteiger partial charge >= 0.3 is 7.60 Å². The Balaban J connectivity index is 3.04. The molecule has 0 spiro atoms. The van der Waals surface area contributed by atoms with Crippen molar-refractivity contribution in [3.8, 4) is 6.07 Å². The molecular weight excluding hydrogens is 247 g/mol. The summed E-state index contributed by atoms with van der Waals surface area (Å²) in [5.74, 6) is 0.860. The summed E-state index contributed by atoms with van der Waals surface area (Å²) in [6.45, 7) is 4.71. The highest BCUT2D eigenvalue weighted by Crippen LogP contribution is 2.57. The minimum atomic E-state index is -3.44. The number of thioether (sulfide) groups is 1. The van der Waals surface area contributed by atoms with Gasteiger partial charge in [0.25, 0.3) is 0 Å². The molecule has 1 aliphatic rings. The maximum Gasteiger partial charge on any atom is 0.374 e.